The van der Waals surface area contributed by atoms with Gasteiger partial charge in [-0.05, 0) is 36.8 Å². The molecule has 0 bridgehead atoms. The fraction of sp³-hybridized carbons (Fsp3) is 0.300. The predicted molar refractivity (Wildman–Crippen MR) is 102 cm³/mol. The number of piperazine rings is 1. The quantitative estimate of drug-likeness (QED) is 0.735. The van der Waals surface area contributed by atoms with Gasteiger partial charge in [-0.2, -0.15) is 0 Å². The lowest BCUT2D eigenvalue weighted by atomic mass is 10.1. The lowest BCUT2D eigenvalue weighted by Gasteiger charge is -2.36. The molecule has 1 aromatic carbocycles. The van der Waals surface area contributed by atoms with Gasteiger partial charge in [0, 0.05) is 37.8 Å². The van der Waals surface area contributed by atoms with Gasteiger partial charge in [-0.15, -0.1) is 0 Å². The summed E-state index contributed by atoms with van der Waals surface area (Å²) >= 11 is 0. The SMILES string of the molecule is COc1cccc2c(C)cc(N3CCN(c4ccccn4)CC3)nc12. The van der Waals surface area contributed by atoms with Crippen LogP contribution >= 0.6 is 0 Å². The number of methoxy groups -OCH3 is 1. The molecule has 0 aliphatic carbocycles. The molecule has 0 spiro atoms. The molecule has 128 valence electrons. The first-order valence-electron chi connectivity index (χ1n) is 8.61. The molecule has 1 aliphatic rings. The molecule has 1 saturated heterocycles. The minimum atomic E-state index is 0.828. The van der Waals surface area contributed by atoms with Gasteiger partial charge >= 0.3 is 0 Å². The largest absolute Gasteiger partial charge is 0.494 e. The summed E-state index contributed by atoms with van der Waals surface area (Å²) in [5.41, 5.74) is 2.17. The fourth-order valence-corrected chi connectivity index (χ4v) is 3.41. The Morgan fingerprint density at radius 1 is 0.920 bits per heavy atom. The highest BCUT2D eigenvalue weighted by molar-refractivity contribution is 5.88. The van der Waals surface area contributed by atoms with Crippen molar-refractivity contribution >= 4 is 22.5 Å². The minimum absolute atomic E-state index is 0.828. The van der Waals surface area contributed by atoms with Gasteiger partial charge in [-0.1, -0.05) is 18.2 Å². The molecule has 1 aliphatic heterocycles. The van der Waals surface area contributed by atoms with Crippen molar-refractivity contribution < 1.29 is 4.74 Å². The van der Waals surface area contributed by atoms with Gasteiger partial charge in [-0.25, -0.2) is 9.97 Å². The van der Waals surface area contributed by atoms with Crippen molar-refractivity contribution in [3.8, 4) is 5.75 Å². The average molecular weight is 334 g/mol. The maximum absolute atomic E-state index is 5.50. The molecule has 3 heterocycles. The molecule has 25 heavy (non-hydrogen) atoms. The predicted octanol–water partition coefficient (Wildman–Crippen LogP) is 3.27. The summed E-state index contributed by atoms with van der Waals surface area (Å²) in [6.45, 7) is 5.90. The summed E-state index contributed by atoms with van der Waals surface area (Å²) in [7, 11) is 1.70. The van der Waals surface area contributed by atoms with Crippen LogP contribution in [0.15, 0.2) is 48.7 Å². The Balaban J connectivity index is 1.59. The van der Waals surface area contributed by atoms with Crippen LogP contribution in [0, 0.1) is 6.92 Å². The van der Waals surface area contributed by atoms with Crippen molar-refractivity contribution in [2.45, 2.75) is 6.92 Å². The number of rotatable bonds is 3. The zero-order valence-corrected chi connectivity index (χ0v) is 14.6. The van der Waals surface area contributed by atoms with E-state index in [0.717, 1.165) is 54.5 Å². The summed E-state index contributed by atoms with van der Waals surface area (Å²) in [4.78, 5) is 14.0. The van der Waals surface area contributed by atoms with Gasteiger partial charge in [0.05, 0.1) is 7.11 Å². The third-order valence-electron chi connectivity index (χ3n) is 4.79. The van der Waals surface area contributed by atoms with Crippen LogP contribution in [0.3, 0.4) is 0 Å². The van der Waals surface area contributed by atoms with E-state index < -0.39 is 0 Å². The molecule has 0 saturated carbocycles. The van der Waals surface area contributed by atoms with Crippen LogP contribution in [0.25, 0.3) is 10.9 Å². The Morgan fingerprint density at radius 3 is 2.36 bits per heavy atom. The van der Waals surface area contributed by atoms with E-state index in [1.165, 1.54) is 5.56 Å². The van der Waals surface area contributed by atoms with Crippen molar-refractivity contribution in [1.82, 2.24) is 9.97 Å². The Morgan fingerprint density at radius 2 is 1.68 bits per heavy atom. The fourth-order valence-electron chi connectivity index (χ4n) is 3.41. The number of nitrogens with zero attached hydrogens (tertiary/aromatic N) is 4. The Kier molecular flexibility index (Phi) is 4.14. The first-order valence-corrected chi connectivity index (χ1v) is 8.61. The third kappa shape index (κ3) is 2.97. The number of para-hydroxylation sites is 1. The van der Waals surface area contributed by atoms with Crippen LogP contribution in [0.4, 0.5) is 11.6 Å². The number of benzene rings is 1. The van der Waals surface area contributed by atoms with Crippen LogP contribution in [0.5, 0.6) is 5.75 Å². The van der Waals surface area contributed by atoms with E-state index in [-0.39, 0.29) is 0 Å². The summed E-state index contributed by atoms with van der Waals surface area (Å²) in [5, 5.41) is 1.15. The molecular weight excluding hydrogens is 312 g/mol. The number of anilines is 2. The van der Waals surface area contributed by atoms with E-state index in [1.54, 1.807) is 7.11 Å². The Labute approximate surface area is 147 Å². The zero-order valence-electron chi connectivity index (χ0n) is 14.6. The van der Waals surface area contributed by atoms with Crippen LogP contribution in [-0.4, -0.2) is 43.3 Å². The van der Waals surface area contributed by atoms with Gasteiger partial charge in [0.15, 0.2) is 0 Å². The smallest absolute Gasteiger partial charge is 0.145 e. The van der Waals surface area contributed by atoms with Crippen molar-refractivity contribution in [1.29, 1.82) is 0 Å². The molecule has 0 N–H and O–H groups in total. The van der Waals surface area contributed by atoms with E-state index in [0.29, 0.717) is 0 Å². The molecule has 0 amide bonds. The van der Waals surface area contributed by atoms with E-state index >= 15 is 0 Å². The van der Waals surface area contributed by atoms with Crippen LogP contribution in [0.1, 0.15) is 5.56 Å². The van der Waals surface area contributed by atoms with Gasteiger partial charge in [0.25, 0.3) is 0 Å². The van der Waals surface area contributed by atoms with E-state index in [4.69, 9.17) is 9.72 Å². The second-order valence-electron chi connectivity index (χ2n) is 6.32. The molecule has 4 rings (SSSR count). The van der Waals surface area contributed by atoms with E-state index in [2.05, 4.69) is 39.9 Å². The highest BCUT2D eigenvalue weighted by atomic mass is 16.5. The standard InChI is InChI=1S/C20H22N4O/c1-15-14-19(22-20-16(15)6-5-7-17(20)25-2)24-12-10-23(11-13-24)18-8-3-4-9-21-18/h3-9,14H,10-13H2,1-2H3. The molecule has 0 atom stereocenters. The van der Waals surface area contributed by atoms with Crippen LogP contribution < -0.4 is 14.5 Å². The van der Waals surface area contributed by atoms with E-state index in [9.17, 15) is 0 Å². The molecular formula is C20H22N4O. The average Bonchev–Trinajstić information content (AvgIpc) is 2.68. The number of fused-ring (bicyclic) bond motifs is 1. The number of aryl methyl sites for hydroxylation is 1. The number of hydrogen-bond donors (Lipinski definition) is 0. The van der Waals surface area contributed by atoms with Crippen molar-refractivity contribution in [2.75, 3.05) is 43.1 Å². The van der Waals surface area contributed by atoms with E-state index in [1.807, 2.05) is 30.5 Å². The number of ether oxygens (including phenoxy) is 1. The highest BCUT2D eigenvalue weighted by Gasteiger charge is 2.20. The van der Waals surface area contributed by atoms with Crippen LogP contribution in [-0.2, 0) is 0 Å². The molecule has 5 heteroatoms. The topological polar surface area (TPSA) is 41.5 Å². The maximum atomic E-state index is 5.50. The monoisotopic (exact) mass is 334 g/mol. The molecule has 0 radical (unpaired) electrons. The highest BCUT2D eigenvalue weighted by Crippen LogP contribution is 2.29. The van der Waals surface area contributed by atoms with Gasteiger partial charge in [0.1, 0.15) is 22.9 Å². The third-order valence-corrected chi connectivity index (χ3v) is 4.79. The normalized spacial score (nSPS) is 14.8. The molecule has 1 fully saturated rings. The molecule has 3 aromatic rings. The number of hydrogen-bond acceptors (Lipinski definition) is 5. The maximum Gasteiger partial charge on any atom is 0.145 e. The Bertz CT molecular complexity index is 874. The number of pyridine rings is 2. The van der Waals surface area contributed by atoms with Crippen molar-refractivity contribution in [3.63, 3.8) is 0 Å². The first kappa shape index (κ1) is 15.7. The second-order valence-corrected chi connectivity index (χ2v) is 6.32. The molecule has 5 nitrogen and oxygen atoms in total. The summed E-state index contributed by atoms with van der Waals surface area (Å²) in [6.07, 6.45) is 1.85. The summed E-state index contributed by atoms with van der Waals surface area (Å²) in [5.74, 6) is 2.90. The summed E-state index contributed by atoms with van der Waals surface area (Å²) in [6, 6.07) is 14.3. The van der Waals surface area contributed by atoms with Crippen molar-refractivity contribution in [2.24, 2.45) is 0 Å². The van der Waals surface area contributed by atoms with Gasteiger partial charge in [0.2, 0.25) is 0 Å². The van der Waals surface area contributed by atoms with Gasteiger partial charge in [-0.3, -0.25) is 0 Å². The lowest BCUT2D eigenvalue weighted by molar-refractivity contribution is 0.419. The molecule has 2 aromatic heterocycles. The van der Waals surface area contributed by atoms with Gasteiger partial charge < -0.3 is 14.5 Å². The van der Waals surface area contributed by atoms with Crippen molar-refractivity contribution in [3.05, 3.63) is 54.2 Å². The molecule has 0 unspecified atom stereocenters. The zero-order chi connectivity index (χ0) is 17.2. The van der Waals surface area contributed by atoms with Crippen LogP contribution in [0.2, 0.25) is 0 Å². The Hall–Kier alpha value is -2.82. The minimum Gasteiger partial charge on any atom is -0.494 e. The number of aromatic nitrogens is 2. The summed E-state index contributed by atoms with van der Waals surface area (Å²) < 4.78 is 5.50. The lowest BCUT2D eigenvalue weighted by Crippen LogP contribution is -2.47. The second kappa shape index (κ2) is 6.59. The first-order chi connectivity index (χ1) is 12.3.